The number of rotatable bonds is 6. The average molecular weight is 342 g/mol. The lowest BCUT2D eigenvalue weighted by molar-refractivity contribution is 0.101. The van der Waals surface area contributed by atoms with Crippen LogP contribution in [0, 0.1) is 0 Å². The fourth-order valence-corrected chi connectivity index (χ4v) is 3.06. The van der Waals surface area contributed by atoms with Crippen molar-refractivity contribution in [3.63, 3.8) is 0 Å². The molecule has 0 unspecified atom stereocenters. The van der Waals surface area contributed by atoms with E-state index in [1.165, 1.54) is 11.8 Å². The number of thioether (sulfide) groups is 1. The van der Waals surface area contributed by atoms with E-state index in [0.717, 1.165) is 16.9 Å². The predicted molar refractivity (Wildman–Crippen MR) is 101 cm³/mol. The Morgan fingerprint density at radius 3 is 2.58 bits per heavy atom. The highest BCUT2D eigenvalue weighted by molar-refractivity contribution is 8.13. The summed E-state index contributed by atoms with van der Waals surface area (Å²) in [5.74, 6) is 1.38. The second-order valence-corrected chi connectivity index (χ2v) is 6.42. The Balaban J connectivity index is 2.08. The van der Waals surface area contributed by atoms with Crippen LogP contribution in [0.4, 0.5) is 0 Å². The third-order valence-corrected chi connectivity index (χ3v) is 4.52. The summed E-state index contributed by atoms with van der Waals surface area (Å²) in [5.41, 5.74) is 8.77. The summed E-state index contributed by atoms with van der Waals surface area (Å²) >= 11 is 1.44. The molecule has 24 heavy (non-hydrogen) atoms. The Kier molecular flexibility index (Phi) is 6.44. The normalized spacial score (nSPS) is 12.7. The second-order valence-electron chi connectivity index (χ2n) is 5.43. The SMILES string of the molecule is COc1ccc(C(C)=O)cc1CSC(N)=N[C@H](C)c1ccccc1. The summed E-state index contributed by atoms with van der Waals surface area (Å²) in [6.45, 7) is 3.57. The molecule has 126 valence electrons. The number of amidine groups is 1. The van der Waals surface area contributed by atoms with Crippen molar-refractivity contribution in [3.8, 4) is 5.75 Å². The topological polar surface area (TPSA) is 64.7 Å². The minimum Gasteiger partial charge on any atom is -0.496 e. The molecular formula is C19H22N2O2S. The van der Waals surface area contributed by atoms with Crippen LogP contribution in [0.15, 0.2) is 53.5 Å². The van der Waals surface area contributed by atoms with E-state index in [1.807, 2.05) is 49.4 Å². The lowest BCUT2D eigenvalue weighted by Gasteiger charge is -2.11. The number of benzene rings is 2. The fourth-order valence-electron chi connectivity index (χ4n) is 2.30. The molecule has 0 aliphatic rings. The summed E-state index contributed by atoms with van der Waals surface area (Å²) in [7, 11) is 1.62. The van der Waals surface area contributed by atoms with Crippen LogP contribution in [0.3, 0.4) is 0 Å². The van der Waals surface area contributed by atoms with Crippen LogP contribution < -0.4 is 10.5 Å². The number of hydrogen-bond donors (Lipinski definition) is 1. The summed E-state index contributed by atoms with van der Waals surface area (Å²) in [6.07, 6.45) is 0. The number of aliphatic imine (C=N–C) groups is 1. The van der Waals surface area contributed by atoms with E-state index in [2.05, 4.69) is 4.99 Å². The lowest BCUT2D eigenvalue weighted by atomic mass is 10.1. The molecule has 0 saturated heterocycles. The van der Waals surface area contributed by atoms with E-state index in [4.69, 9.17) is 10.5 Å². The minimum absolute atomic E-state index is 0.00384. The number of nitrogens with two attached hydrogens (primary N) is 1. The number of hydrogen-bond acceptors (Lipinski definition) is 4. The maximum absolute atomic E-state index is 11.5. The van der Waals surface area contributed by atoms with E-state index >= 15 is 0 Å². The van der Waals surface area contributed by atoms with Crippen LogP contribution in [0.25, 0.3) is 0 Å². The second kappa shape index (κ2) is 8.55. The summed E-state index contributed by atoms with van der Waals surface area (Å²) < 4.78 is 5.36. The van der Waals surface area contributed by atoms with E-state index in [-0.39, 0.29) is 11.8 Å². The van der Waals surface area contributed by atoms with Crippen molar-refractivity contribution in [2.24, 2.45) is 10.7 Å². The zero-order valence-corrected chi connectivity index (χ0v) is 15.0. The van der Waals surface area contributed by atoms with Gasteiger partial charge in [-0.25, -0.2) is 0 Å². The highest BCUT2D eigenvalue weighted by Crippen LogP contribution is 2.26. The van der Waals surface area contributed by atoms with Gasteiger partial charge >= 0.3 is 0 Å². The van der Waals surface area contributed by atoms with Gasteiger partial charge in [-0.05, 0) is 37.6 Å². The first-order chi connectivity index (χ1) is 11.5. The molecule has 0 saturated carbocycles. The van der Waals surface area contributed by atoms with Gasteiger partial charge in [0.2, 0.25) is 0 Å². The van der Waals surface area contributed by atoms with E-state index in [0.29, 0.717) is 16.5 Å². The van der Waals surface area contributed by atoms with E-state index in [9.17, 15) is 4.79 Å². The Morgan fingerprint density at radius 1 is 1.25 bits per heavy atom. The maximum atomic E-state index is 11.5. The largest absolute Gasteiger partial charge is 0.496 e. The Bertz CT molecular complexity index is 729. The van der Waals surface area contributed by atoms with Crippen LogP contribution in [-0.2, 0) is 5.75 Å². The summed E-state index contributed by atoms with van der Waals surface area (Å²) in [5, 5.41) is 0.515. The molecule has 2 rings (SSSR count). The van der Waals surface area contributed by atoms with Crippen molar-refractivity contribution in [2.45, 2.75) is 25.6 Å². The van der Waals surface area contributed by atoms with E-state index < -0.39 is 0 Å². The van der Waals surface area contributed by atoms with Crippen LogP contribution in [0.1, 0.15) is 41.4 Å². The van der Waals surface area contributed by atoms with Gasteiger partial charge in [0.05, 0.1) is 13.2 Å². The first kappa shape index (κ1) is 18.1. The zero-order valence-electron chi connectivity index (χ0n) is 14.2. The molecule has 0 radical (unpaired) electrons. The molecule has 0 fully saturated rings. The van der Waals surface area contributed by atoms with Gasteiger partial charge in [-0.15, -0.1) is 0 Å². The molecule has 2 aromatic rings. The molecule has 0 aliphatic heterocycles. The number of ketones is 1. The zero-order chi connectivity index (χ0) is 17.5. The molecule has 0 bridgehead atoms. The molecule has 2 aromatic carbocycles. The Hall–Kier alpha value is -2.27. The highest BCUT2D eigenvalue weighted by Gasteiger charge is 2.09. The van der Waals surface area contributed by atoms with Crippen LogP contribution >= 0.6 is 11.8 Å². The molecule has 2 N–H and O–H groups in total. The van der Waals surface area contributed by atoms with Gasteiger partial charge in [0.1, 0.15) is 5.75 Å². The third kappa shape index (κ3) is 4.86. The maximum Gasteiger partial charge on any atom is 0.159 e. The standard InChI is InChI=1S/C19H22N2O2S/c1-13(15-7-5-4-6-8-15)21-19(20)24-12-17-11-16(14(2)22)9-10-18(17)23-3/h4-11,13H,12H2,1-3H3,(H2,20,21)/t13-/m1/s1. The van der Waals surface area contributed by atoms with Gasteiger partial charge in [0, 0.05) is 16.9 Å². The number of nitrogens with zero attached hydrogens (tertiary/aromatic N) is 1. The molecule has 0 spiro atoms. The van der Waals surface area contributed by atoms with Gasteiger partial charge in [-0.3, -0.25) is 9.79 Å². The van der Waals surface area contributed by atoms with Gasteiger partial charge in [-0.1, -0.05) is 42.1 Å². The first-order valence-electron chi connectivity index (χ1n) is 7.70. The highest BCUT2D eigenvalue weighted by atomic mass is 32.2. The van der Waals surface area contributed by atoms with Gasteiger partial charge < -0.3 is 10.5 Å². The van der Waals surface area contributed by atoms with Gasteiger partial charge in [-0.2, -0.15) is 0 Å². The molecular weight excluding hydrogens is 320 g/mol. The Morgan fingerprint density at radius 2 is 1.96 bits per heavy atom. The molecule has 1 atom stereocenters. The van der Waals surface area contributed by atoms with Crippen molar-refractivity contribution in [2.75, 3.05) is 7.11 Å². The number of carbonyl (C=O) groups is 1. The number of methoxy groups -OCH3 is 1. The minimum atomic E-state index is 0.00384. The number of carbonyl (C=O) groups excluding carboxylic acids is 1. The van der Waals surface area contributed by atoms with Crippen LogP contribution in [0.2, 0.25) is 0 Å². The third-order valence-electron chi connectivity index (χ3n) is 3.67. The fraction of sp³-hybridized carbons (Fsp3) is 0.263. The van der Waals surface area contributed by atoms with Gasteiger partial charge in [0.25, 0.3) is 0 Å². The van der Waals surface area contributed by atoms with Gasteiger partial charge in [0.15, 0.2) is 11.0 Å². The van der Waals surface area contributed by atoms with Crippen molar-refractivity contribution in [1.82, 2.24) is 0 Å². The lowest BCUT2D eigenvalue weighted by Crippen LogP contribution is -2.09. The smallest absolute Gasteiger partial charge is 0.159 e. The average Bonchev–Trinajstić information content (AvgIpc) is 2.60. The summed E-state index contributed by atoms with van der Waals surface area (Å²) in [6, 6.07) is 15.5. The van der Waals surface area contributed by atoms with E-state index in [1.54, 1.807) is 20.1 Å². The number of Topliss-reactive ketones (excluding diaryl/α,β-unsaturated/α-hetero) is 1. The first-order valence-corrected chi connectivity index (χ1v) is 8.68. The molecule has 0 aromatic heterocycles. The monoisotopic (exact) mass is 342 g/mol. The van der Waals surface area contributed by atoms with Crippen molar-refractivity contribution < 1.29 is 9.53 Å². The molecule has 5 heteroatoms. The van der Waals surface area contributed by atoms with Crippen LogP contribution in [-0.4, -0.2) is 18.1 Å². The molecule has 0 heterocycles. The summed E-state index contributed by atoms with van der Waals surface area (Å²) in [4.78, 5) is 16.1. The molecule has 4 nitrogen and oxygen atoms in total. The molecule has 0 aliphatic carbocycles. The van der Waals surface area contributed by atoms with Crippen molar-refractivity contribution >= 4 is 22.7 Å². The van der Waals surface area contributed by atoms with Crippen molar-refractivity contribution in [3.05, 3.63) is 65.2 Å². The van der Waals surface area contributed by atoms with Crippen molar-refractivity contribution in [1.29, 1.82) is 0 Å². The predicted octanol–water partition coefficient (Wildman–Crippen LogP) is 4.21. The Labute approximate surface area is 147 Å². The van der Waals surface area contributed by atoms with Crippen LogP contribution in [0.5, 0.6) is 5.75 Å². The number of ether oxygens (including phenoxy) is 1. The molecule has 0 amide bonds. The quantitative estimate of drug-likeness (QED) is 0.485.